The Morgan fingerprint density at radius 2 is 1.91 bits per heavy atom. The van der Waals surface area contributed by atoms with Crippen LogP contribution in [0.1, 0.15) is 5.82 Å². The molecule has 1 fully saturated rings. The van der Waals surface area contributed by atoms with E-state index >= 15 is 0 Å². The van der Waals surface area contributed by atoms with Crippen LogP contribution in [0.3, 0.4) is 0 Å². The van der Waals surface area contributed by atoms with Crippen LogP contribution < -0.4 is 10.6 Å². The minimum atomic E-state index is 0.507. The Labute approximate surface area is 141 Å². The van der Waals surface area contributed by atoms with Gasteiger partial charge < -0.3 is 20.1 Å². The third-order valence-corrected chi connectivity index (χ3v) is 4.35. The first-order chi connectivity index (χ1) is 11.1. The first kappa shape index (κ1) is 15.7. The van der Waals surface area contributed by atoms with Crippen molar-refractivity contribution in [1.29, 1.82) is 0 Å². The van der Waals surface area contributed by atoms with Crippen molar-refractivity contribution in [3.05, 3.63) is 47.5 Å². The van der Waals surface area contributed by atoms with Gasteiger partial charge in [-0.25, -0.2) is 9.98 Å². The lowest BCUT2D eigenvalue weighted by Crippen LogP contribution is -2.51. The second-order valence-electron chi connectivity index (χ2n) is 5.58. The molecule has 0 amide bonds. The van der Waals surface area contributed by atoms with Gasteiger partial charge in [-0.3, -0.25) is 0 Å². The summed E-state index contributed by atoms with van der Waals surface area (Å²) < 4.78 is 1.95. The van der Waals surface area contributed by atoms with Gasteiger partial charge in [0.1, 0.15) is 12.4 Å². The van der Waals surface area contributed by atoms with Crippen molar-refractivity contribution in [2.75, 3.05) is 31.1 Å². The van der Waals surface area contributed by atoms with Gasteiger partial charge >= 0.3 is 0 Å². The van der Waals surface area contributed by atoms with Gasteiger partial charge in [-0.05, 0) is 24.3 Å². The van der Waals surface area contributed by atoms with Gasteiger partial charge in [-0.15, -0.1) is 0 Å². The zero-order valence-electron chi connectivity index (χ0n) is 13.2. The molecule has 0 spiro atoms. The summed E-state index contributed by atoms with van der Waals surface area (Å²) in [5.41, 5.74) is 7.31. The number of aryl methyl sites for hydroxylation is 1. The molecule has 122 valence electrons. The number of anilines is 1. The van der Waals surface area contributed by atoms with Gasteiger partial charge in [-0.2, -0.15) is 0 Å². The van der Waals surface area contributed by atoms with Crippen molar-refractivity contribution in [2.24, 2.45) is 17.8 Å². The molecule has 1 aromatic heterocycles. The monoisotopic (exact) mass is 332 g/mol. The average Bonchev–Trinajstić information content (AvgIpc) is 2.99. The van der Waals surface area contributed by atoms with E-state index in [1.807, 2.05) is 29.9 Å². The zero-order valence-corrected chi connectivity index (χ0v) is 13.9. The van der Waals surface area contributed by atoms with E-state index in [0.717, 1.165) is 37.0 Å². The Morgan fingerprint density at radius 1 is 1.22 bits per heavy atom. The minimum Gasteiger partial charge on any atom is -0.370 e. The van der Waals surface area contributed by atoms with Crippen LogP contribution in [-0.4, -0.2) is 46.6 Å². The molecule has 0 radical (unpaired) electrons. The largest absolute Gasteiger partial charge is 0.370 e. The highest BCUT2D eigenvalue weighted by Crippen LogP contribution is 2.19. The molecular formula is C16H21ClN6. The average molecular weight is 333 g/mol. The molecule has 2 heterocycles. The smallest absolute Gasteiger partial charge is 0.191 e. The topological polar surface area (TPSA) is 62.7 Å². The normalized spacial score (nSPS) is 16.0. The third-order valence-electron chi connectivity index (χ3n) is 4.10. The van der Waals surface area contributed by atoms with Crippen LogP contribution in [0, 0.1) is 0 Å². The molecule has 0 aliphatic carbocycles. The van der Waals surface area contributed by atoms with E-state index in [4.69, 9.17) is 17.3 Å². The molecule has 1 aromatic carbocycles. The van der Waals surface area contributed by atoms with E-state index in [9.17, 15) is 0 Å². The molecule has 2 N–H and O–H groups in total. The molecule has 2 aromatic rings. The second-order valence-corrected chi connectivity index (χ2v) is 6.02. The first-order valence-corrected chi connectivity index (χ1v) is 8.03. The van der Waals surface area contributed by atoms with E-state index in [2.05, 4.69) is 31.9 Å². The number of hydrogen-bond donors (Lipinski definition) is 1. The fourth-order valence-electron chi connectivity index (χ4n) is 2.65. The van der Waals surface area contributed by atoms with E-state index < -0.39 is 0 Å². The third kappa shape index (κ3) is 3.76. The predicted molar refractivity (Wildman–Crippen MR) is 93.8 cm³/mol. The summed E-state index contributed by atoms with van der Waals surface area (Å²) in [7, 11) is 1.96. The maximum atomic E-state index is 6.12. The highest BCUT2D eigenvalue weighted by atomic mass is 35.5. The van der Waals surface area contributed by atoms with Crippen LogP contribution in [0.5, 0.6) is 0 Å². The number of benzene rings is 1. The lowest BCUT2D eigenvalue weighted by atomic mass is 10.2. The fraction of sp³-hybridized carbons (Fsp3) is 0.375. The summed E-state index contributed by atoms with van der Waals surface area (Å²) in [5, 5.41) is 0.762. The molecule has 0 bridgehead atoms. The van der Waals surface area contributed by atoms with Gasteiger partial charge in [0, 0.05) is 56.3 Å². The number of guanidine groups is 1. The van der Waals surface area contributed by atoms with Gasteiger partial charge in [0.2, 0.25) is 0 Å². The lowest BCUT2D eigenvalue weighted by Gasteiger charge is -2.36. The number of nitrogens with zero attached hydrogens (tertiary/aromatic N) is 5. The summed E-state index contributed by atoms with van der Waals surface area (Å²) in [6.45, 7) is 4.06. The number of imidazole rings is 1. The van der Waals surface area contributed by atoms with Crippen molar-refractivity contribution in [3.63, 3.8) is 0 Å². The molecule has 7 heteroatoms. The number of hydrogen-bond acceptors (Lipinski definition) is 3. The highest BCUT2D eigenvalue weighted by Gasteiger charge is 2.18. The van der Waals surface area contributed by atoms with Crippen molar-refractivity contribution >= 4 is 23.2 Å². The van der Waals surface area contributed by atoms with Crippen molar-refractivity contribution < 1.29 is 0 Å². The van der Waals surface area contributed by atoms with Gasteiger partial charge in [0.15, 0.2) is 5.96 Å². The Bertz CT molecular complexity index is 670. The molecule has 1 saturated heterocycles. The Hall–Kier alpha value is -2.21. The van der Waals surface area contributed by atoms with E-state index in [0.29, 0.717) is 12.5 Å². The van der Waals surface area contributed by atoms with Gasteiger partial charge in [0.05, 0.1) is 0 Å². The number of aromatic nitrogens is 2. The molecule has 1 aliphatic heterocycles. The summed E-state index contributed by atoms with van der Waals surface area (Å²) in [4.78, 5) is 13.2. The highest BCUT2D eigenvalue weighted by molar-refractivity contribution is 6.30. The van der Waals surface area contributed by atoms with Crippen molar-refractivity contribution in [2.45, 2.75) is 6.54 Å². The van der Waals surface area contributed by atoms with E-state index in [-0.39, 0.29) is 0 Å². The SMILES string of the molecule is Cn1ccnc1CN=C(N)N1CCN(c2ccc(Cl)cc2)CC1. The quantitative estimate of drug-likeness (QED) is 0.686. The summed E-state index contributed by atoms with van der Waals surface area (Å²) in [6.07, 6.45) is 3.68. The van der Waals surface area contributed by atoms with Crippen LogP contribution in [0.15, 0.2) is 41.7 Å². The second kappa shape index (κ2) is 6.91. The van der Waals surface area contributed by atoms with E-state index in [1.165, 1.54) is 5.69 Å². The van der Waals surface area contributed by atoms with Crippen molar-refractivity contribution in [3.8, 4) is 0 Å². The Kier molecular flexibility index (Phi) is 4.71. The Morgan fingerprint density at radius 3 is 2.52 bits per heavy atom. The summed E-state index contributed by atoms with van der Waals surface area (Å²) >= 11 is 5.94. The summed E-state index contributed by atoms with van der Waals surface area (Å²) in [6, 6.07) is 7.95. The number of nitrogens with two attached hydrogens (primary N) is 1. The molecular weight excluding hydrogens is 312 g/mol. The fourth-order valence-corrected chi connectivity index (χ4v) is 2.77. The van der Waals surface area contributed by atoms with Crippen LogP contribution in [0.2, 0.25) is 5.02 Å². The van der Waals surface area contributed by atoms with E-state index in [1.54, 1.807) is 6.20 Å². The molecule has 0 unspecified atom stereocenters. The van der Waals surface area contributed by atoms with Crippen LogP contribution >= 0.6 is 11.6 Å². The van der Waals surface area contributed by atoms with Gasteiger partial charge in [-0.1, -0.05) is 11.6 Å². The predicted octanol–water partition coefficient (Wildman–Crippen LogP) is 1.71. The molecule has 1 aliphatic rings. The van der Waals surface area contributed by atoms with Gasteiger partial charge in [0.25, 0.3) is 0 Å². The minimum absolute atomic E-state index is 0.507. The summed E-state index contributed by atoms with van der Waals surface area (Å²) in [5.74, 6) is 1.50. The number of aliphatic imine (C=N–C) groups is 1. The molecule has 0 saturated carbocycles. The lowest BCUT2D eigenvalue weighted by molar-refractivity contribution is 0.380. The Balaban J connectivity index is 1.55. The number of piperazine rings is 1. The maximum Gasteiger partial charge on any atom is 0.191 e. The standard InChI is InChI=1S/C16H21ClN6/c1-21-7-6-19-15(21)12-20-16(18)23-10-8-22(9-11-23)14-4-2-13(17)3-5-14/h2-7H,8-12H2,1H3,(H2,18,20). The van der Waals surface area contributed by atoms with Crippen LogP contribution in [0.25, 0.3) is 0 Å². The van der Waals surface area contributed by atoms with Crippen LogP contribution in [-0.2, 0) is 13.6 Å². The molecule has 3 rings (SSSR count). The number of halogens is 1. The molecule has 6 nitrogen and oxygen atoms in total. The number of rotatable bonds is 3. The van der Waals surface area contributed by atoms with Crippen molar-refractivity contribution in [1.82, 2.24) is 14.5 Å². The maximum absolute atomic E-state index is 6.12. The molecule has 23 heavy (non-hydrogen) atoms. The van der Waals surface area contributed by atoms with Crippen LogP contribution in [0.4, 0.5) is 5.69 Å². The molecule has 0 atom stereocenters. The first-order valence-electron chi connectivity index (χ1n) is 7.65. The zero-order chi connectivity index (χ0) is 16.2.